The van der Waals surface area contributed by atoms with Crippen molar-refractivity contribution in [1.29, 1.82) is 0 Å². The van der Waals surface area contributed by atoms with E-state index in [9.17, 15) is 9.18 Å². The van der Waals surface area contributed by atoms with Crippen molar-refractivity contribution in [2.24, 2.45) is 11.8 Å². The van der Waals surface area contributed by atoms with E-state index in [1.165, 1.54) is 44.9 Å². The van der Waals surface area contributed by atoms with E-state index < -0.39 is 0 Å². The van der Waals surface area contributed by atoms with Crippen LogP contribution in [0.1, 0.15) is 51.4 Å². The number of anilines is 1. The number of likely N-dealkylation sites (tertiary alicyclic amines) is 1. The van der Waals surface area contributed by atoms with E-state index >= 15 is 0 Å². The zero-order chi connectivity index (χ0) is 20.1. The molecule has 0 N–H and O–H groups in total. The molecule has 2 heterocycles. The first-order chi connectivity index (χ1) is 14.2. The molecular formula is C24H36FN3O. The van der Waals surface area contributed by atoms with Gasteiger partial charge in [-0.05, 0) is 62.6 Å². The summed E-state index contributed by atoms with van der Waals surface area (Å²) in [5.74, 6) is 1.72. The molecule has 1 amide bonds. The summed E-state index contributed by atoms with van der Waals surface area (Å²) in [6, 6.07) is 7.11. The van der Waals surface area contributed by atoms with Gasteiger partial charge < -0.3 is 9.80 Å². The maximum Gasteiger partial charge on any atom is 0.222 e. The van der Waals surface area contributed by atoms with Crippen molar-refractivity contribution >= 4 is 11.6 Å². The van der Waals surface area contributed by atoms with Crippen molar-refractivity contribution in [3.8, 4) is 0 Å². The van der Waals surface area contributed by atoms with Crippen LogP contribution >= 0.6 is 0 Å². The SMILES string of the molecule is O=C(C[C@H]1CC[C@H](CCN2CCN(c3ccccc3F)CC2)CC1)N1CCCC1. The lowest BCUT2D eigenvalue weighted by molar-refractivity contribution is -0.131. The molecule has 160 valence electrons. The fourth-order valence-electron chi connectivity index (χ4n) is 5.35. The Morgan fingerprint density at radius 2 is 1.55 bits per heavy atom. The molecule has 2 aliphatic heterocycles. The molecule has 3 fully saturated rings. The topological polar surface area (TPSA) is 26.8 Å². The van der Waals surface area contributed by atoms with E-state index in [0.717, 1.165) is 63.8 Å². The predicted molar refractivity (Wildman–Crippen MR) is 116 cm³/mol. The number of rotatable bonds is 6. The van der Waals surface area contributed by atoms with Gasteiger partial charge in [0.05, 0.1) is 5.69 Å². The summed E-state index contributed by atoms with van der Waals surface area (Å²) in [6.07, 6.45) is 9.45. The van der Waals surface area contributed by atoms with E-state index in [1.54, 1.807) is 12.1 Å². The van der Waals surface area contributed by atoms with Crippen LogP contribution in [-0.4, -0.2) is 61.5 Å². The summed E-state index contributed by atoms with van der Waals surface area (Å²) in [5.41, 5.74) is 0.744. The van der Waals surface area contributed by atoms with Gasteiger partial charge in [0.2, 0.25) is 5.91 Å². The van der Waals surface area contributed by atoms with Crippen LogP contribution < -0.4 is 4.90 Å². The van der Waals surface area contributed by atoms with Crippen molar-refractivity contribution in [2.45, 2.75) is 51.4 Å². The van der Waals surface area contributed by atoms with Gasteiger partial charge in [0, 0.05) is 45.7 Å². The van der Waals surface area contributed by atoms with Crippen molar-refractivity contribution < 1.29 is 9.18 Å². The Kier molecular flexibility index (Phi) is 7.06. The third-order valence-corrected chi connectivity index (χ3v) is 7.31. The average molecular weight is 402 g/mol. The van der Waals surface area contributed by atoms with Gasteiger partial charge in [0.1, 0.15) is 5.82 Å². The second kappa shape index (κ2) is 9.92. The minimum Gasteiger partial charge on any atom is -0.367 e. The molecule has 1 saturated carbocycles. The monoisotopic (exact) mass is 401 g/mol. The fourth-order valence-corrected chi connectivity index (χ4v) is 5.35. The Bertz CT molecular complexity index is 660. The molecule has 1 aromatic rings. The van der Waals surface area contributed by atoms with Crippen molar-refractivity contribution in [1.82, 2.24) is 9.80 Å². The first kappa shape index (κ1) is 20.6. The molecule has 1 aromatic carbocycles. The molecule has 4 rings (SSSR count). The summed E-state index contributed by atoms with van der Waals surface area (Å²) >= 11 is 0. The van der Waals surface area contributed by atoms with Crippen molar-refractivity contribution in [3.05, 3.63) is 30.1 Å². The maximum absolute atomic E-state index is 14.0. The Morgan fingerprint density at radius 1 is 0.897 bits per heavy atom. The van der Waals surface area contributed by atoms with Gasteiger partial charge in [-0.15, -0.1) is 0 Å². The van der Waals surface area contributed by atoms with E-state index in [0.29, 0.717) is 11.8 Å². The Balaban J connectivity index is 1.12. The number of carbonyl (C=O) groups is 1. The number of amides is 1. The molecule has 0 aromatic heterocycles. The molecule has 29 heavy (non-hydrogen) atoms. The number of hydrogen-bond donors (Lipinski definition) is 0. The van der Waals surface area contributed by atoms with Crippen molar-refractivity contribution in [2.75, 3.05) is 50.7 Å². The minimum atomic E-state index is -0.110. The van der Waals surface area contributed by atoms with Crippen LogP contribution in [-0.2, 0) is 4.79 Å². The fraction of sp³-hybridized carbons (Fsp3) is 0.708. The van der Waals surface area contributed by atoms with E-state index in [2.05, 4.69) is 14.7 Å². The molecule has 4 nitrogen and oxygen atoms in total. The summed E-state index contributed by atoms with van der Waals surface area (Å²) in [4.78, 5) is 19.2. The number of carbonyl (C=O) groups excluding carboxylic acids is 1. The van der Waals surface area contributed by atoms with Crippen LogP contribution in [0.2, 0.25) is 0 Å². The first-order valence-electron chi connectivity index (χ1n) is 11.7. The zero-order valence-corrected chi connectivity index (χ0v) is 17.7. The van der Waals surface area contributed by atoms with Gasteiger partial charge in [-0.3, -0.25) is 9.69 Å². The highest BCUT2D eigenvalue weighted by Gasteiger charge is 2.27. The predicted octanol–water partition coefficient (Wildman–Crippen LogP) is 4.16. The number of piperazine rings is 1. The Hall–Kier alpha value is -1.62. The number of halogens is 1. The highest BCUT2D eigenvalue weighted by atomic mass is 19.1. The normalized spacial score (nSPS) is 26.1. The quantitative estimate of drug-likeness (QED) is 0.716. The average Bonchev–Trinajstić information content (AvgIpc) is 3.29. The van der Waals surface area contributed by atoms with E-state index in [-0.39, 0.29) is 5.82 Å². The van der Waals surface area contributed by atoms with Gasteiger partial charge in [-0.2, -0.15) is 0 Å². The van der Waals surface area contributed by atoms with Gasteiger partial charge in [-0.25, -0.2) is 4.39 Å². The Labute approximate surface area is 175 Å². The largest absolute Gasteiger partial charge is 0.367 e. The lowest BCUT2D eigenvalue weighted by atomic mass is 9.79. The smallest absolute Gasteiger partial charge is 0.222 e. The van der Waals surface area contributed by atoms with Crippen LogP contribution in [0.3, 0.4) is 0 Å². The highest BCUT2D eigenvalue weighted by Crippen LogP contribution is 2.33. The highest BCUT2D eigenvalue weighted by molar-refractivity contribution is 5.76. The number of nitrogens with zero attached hydrogens (tertiary/aromatic N) is 3. The maximum atomic E-state index is 14.0. The lowest BCUT2D eigenvalue weighted by Gasteiger charge is -2.37. The van der Waals surface area contributed by atoms with Gasteiger partial charge in [0.25, 0.3) is 0 Å². The molecule has 0 bridgehead atoms. The summed E-state index contributed by atoms with van der Waals surface area (Å²) in [5, 5.41) is 0. The third kappa shape index (κ3) is 5.50. The summed E-state index contributed by atoms with van der Waals surface area (Å²) < 4.78 is 14.0. The molecule has 0 radical (unpaired) electrons. The second-order valence-corrected chi connectivity index (χ2v) is 9.25. The van der Waals surface area contributed by atoms with Crippen LogP contribution in [0.4, 0.5) is 10.1 Å². The molecule has 0 unspecified atom stereocenters. The summed E-state index contributed by atoms with van der Waals surface area (Å²) in [6.45, 7) is 6.99. The molecule has 0 atom stereocenters. The molecule has 3 aliphatic rings. The van der Waals surface area contributed by atoms with Gasteiger partial charge >= 0.3 is 0 Å². The molecule has 2 saturated heterocycles. The Morgan fingerprint density at radius 3 is 2.24 bits per heavy atom. The summed E-state index contributed by atoms with van der Waals surface area (Å²) in [7, 11) is 0. The third-order valence-electron chi connectivity index (χ3n) is 7.31. The molecular weight excluding hydrogens is 365 g/mol. The number of para-hydroxylation sites is 1. The zero-order valence-electron chi connectivity index (χ0n) is 17.7. The molecule has 0 spiro atoms. The molecule has 1 aliphatic carbocycles. The van der Waals surface area contributed by atoms with E-state index in [1.807, 2.05) is 12.1 Å². The first-order valence-corrected chi connectivity index (χ1v) is 11.7. The second-order valence-electron chi connectivity index (χ2n) is 9.25. The van der Waals surface area contributed by atoms with Crippen LogP contribution in [0.25, 0.3) is 0 Å². The van der Waals surface area contributed by atoms with Crippen LogP contribution in [0.5, 0.6) is 0 Å². The molecule has 5 heteroatoms. The van der Waals surface area contributed by atoms with Gasteiger partial charge in [-0.1, -0.05) is 25.0 Å². The van der Waals surface area contributed by atoms with Crippen LogP contribution in [0.15, 0.2) is 24.3 Å². The van der Waals surface area contributed by atoms with Crippen LogP contribution in [0, 0.1) is 17.7 Å². The van der Waals surface area contributed by atoms with Gasteiger partial charge in [0.15, 0.2) is 0 Å². The number of benzene rings is 1. The number of hydrogen-bond acceptors (Lipinski definition) is 3. The standard InChI is InChI=1S/C24H36FN3O/c25-22-5-1-2-6-23(22)27-17-15-26(16-18-27)14-11-20-7-9-21(10-8-20)19-24(29)28-12-3-4-13-28/h1-2,5-6,20-21H,3-4,7-19H2/t20-,21-. The van der Waals surface area contributed by atoms with Crippen molar-refractivity contribution in [3.63, 3.8) is 0 Å². The minimum absolute atomic E-state index is 0.110. The van der Waals surface area contributed by atoms with E-state index in [4.69, 9.17) is 0 Å². The lowest BCUT2D eigenvalue weighted by Crippen LogP contribution is -2.47.